The van der Waals surface area contributed by atoms with Crippen molar-refractivity contribution in [1.82, 2.24) is 15.5 Å². The lowest BCUT2D eigenvalue weighted by molar-refractivity contribution is -0.132. The second-order valence-electron chi connectivity index (χ2n) is 5.41. The molecule has 0 aromatic rings. The first-order valence-corrected chi connectivity index (χ1v) is 7.57. The van der Waals surface area contributed by atoms with Crippen molar-refractivity contribution in [3.8, 4) is 0 Å². The molecular weight excluding hydrogens is 286 g/mol. The molecule has 110 valence electrons. The van der Waals surface area contributed by atoms with Gasteiger partial charge in [0.25, 0.3) is 0 Å². The molecule has 0 bridgehead atoms. The van der Waals surface area contributed by atoms with Crippen molar-refractivity contribution in [3.05, 3.63) is 0 Å². The molecule has 0 atom stereocenters. The zero-order valence-corrected chi connectivity index (χ0v) is 12.9. The van der Waals surface area contributed by atoms with Gasteiger partial charge in [0.05, 0.1) is 11.6 Å². The average Bonchev–Trinajstić information content (AvgIpc) is 2.74. The van der Waals surface area contributed by atoms with E-state index in [1.807, 2.05) is 0 Å². The lowest BCUT2D eigenvalue weighted by Crippen LogP contribution is -2.45. The number of nitrogens with zero attached hydrogens (tertiary/aromatic N) is 1. The van der Waals surface area contributed by atoms with E-state index in [1.165, 1.54) is 0 Å². The predicted octanol–water partition coefficient (Wildman–Crippen LogP) is 0.447. The Kier molecular flexibility index (Phi) is 6.42. The van der Waals surface area contributed by atoms with Gasteiger partial charge in [0.2, 0.25) is 11.8 Å². The van der Waals surface area contributed by atoms with Crippen molar-refractivity contribution in [1.29, 1.82) is 0 Å². The highest BCUT2D eigenvalue weighted by molar-refractivity contribution is 8.00. The number of hydrogen-bond acceptors (Lipinski definition) is 4. The molecule has 0 saturated carbocycles. The number of carbonyl (C=O) groups excluding carboxylic acids is 2. The van der Waals surface area contributed by atoms with Crippen LogP contribution in [0.15, 0.2) is 0 Å². The maximum absolute atomic E-state index is 11.8. The van der Waals surface area contributed by atoms with E-state index in [0.29, 0.717) is 18.2 Å². The van der Waals surface area contributed by atoms with Crippen molar-refractivity contribution in [2.24, 2.45) is 5.41 Å². The summed E-state index contributed by atoms with van der Waals surface area (Å²) in [6.07, 6.45) is 2.18. The topological polar surface area (TPSA) is 61.4 Å². The van der Waals surface area contributed by atoms with Crippen LogP contribution in [0.1, 0.15) is 19.8 Å². The number of hydrogen-bond donors (Lipinski definition) is 2. The molecule has 0 radical (unpaired) electrons. The standard InChI is InChI=1S/C12H21N3O2S.ClH/c1-12(2-4-13-5-3-12)8-14-10(16)6-15-9-18-7-11(15)17;/h13H,2-9H2,1H3,(H,14,16);1H. The van der Waals surface area contributed by atoms with Crippen LogP contribution in [0.25, 0.3) is 0 Å². The minimum atomic E-state index is -0.0365. The molecule has 2 N–H and O–H groups in total. The van der Waals surface area contributed by atoms with Crippen LogP contribution in [-0.2, 0) is 9.59 Å². The first-order chi connectivity index (χ1) is 8.59. The van der Waals surface area contributed by atoms with Crippen LogP contribution in [0.3, 0.4) is 0 Å². The maximum atomic E-state index is 11.8. The van der Waals surface area contributed by atoms with E-state index in [4.69, 9.17) is 0 Å². The van der Waals surface area contributed by atoms with Crippen LogP contribution in [-0.4, -0.2) is 54.5 Å². The van der Waals surface area contributed by atoms with E-state index in [-0.39, 0.29) is 36.2 Å². The average molecular weight is 308 g/mol. The molecule has 2 saturated heterocycles. The lowest BCUT2D eigenvalue weighted by Gasteiger charge is -2.34. The van der Waals surface area contributed by atoms with Crippen LogP contribution < -0.4 is 10.6 Å². The minimum absolute atomic E-state index is 0. The van der Waals surface area contributed by atoms with Gasteiger partial charge < -0.3 is 15.5 Å². The Morgan fingerprint density at radius 2 is 2.16 bits per heavy atom. The molecule has 0 aliphatic carbocycles. The zero-order chi connectivity index (χ0) is 13.0. The zero-order valence-electron chi connectivity index (χ0n) is 11.2. The van der Waals surface area contributed by atoms with Crippen molar-refractivity contribution in [2.45, 2.75) is 19.8 Å². The van der Waals surface area contributed by atoms with Crippen LogP contribution in [0.5, 0.6) is 0 Å². The molecule has 0 spiro atoms. The Balaban J connectivity index is 0.00000180. The third-order valence-electron chi connectivity index (χ3n) is 3.68. The molecule has 2 fully saturated rings. The summed E-state index contributed by atoms with van der Waals surface area (Å²) in [4.78, 5) is 24.8. The second-order valence-corrected chi connectivity index (χ2v) is 6.36. The summed E-state index contributed by atoms with van der Waals surface area (Å²) in [6.45, 7) is 5.18. The monoisotopic (exact) mass is 307 g/mol. The van der Waals surface area contributed by atoms with Gasteiger partial charge in [-0.1, -0.05) is 6.92 Å². The summed E-state index contributed by atoms with van der Waals surface area (Å²) in [5, 5.41) is 6.29. The van der Waals surface area contributed by atoms with Gasteiger partial charge in [-0.3, -0.25) is 9.59 Å². The van der Waals surface area contributed by atoms with Crippen LogP contribution in [0.4, 0.5) is 0 Å². The van der Waals surface area contributed by atoms with Crippen LogP contribution >= 0.6 is 24.2 Å². The van der Waals surface area contributed by atoms with Crippen LogP contribution in [0, 0.1) is 5.41 Å². The number of nitrogens with one attached hydrogen (secondary N) is 2. The highest BCUT2D eigenvalue weighted by atomic mass is 35.5. The van der Waals surface area contributed by atoms with E-state index in [1.54, 1.807) is 16.7 Å². The van der Waals surface area contributed by atoms with Crippen molar-refractivity contribution in [3.63, 3.8) is 0 Å². The lowest BCUT2D eigenvalue weighted by atomic mass is 9.81. The number of halogens is 1. The van der Waals surface area contributed by atoms with Crippen molar-refractivity contribution >= 4 is 36.0 Å². The van der Waals surface area contributed by atoms with Gasteiger partial charge in [-0.15, -0.1) is 24.2 Å². The van der Waals surface area contributed by atoms with Gasteiger partial charge in [0, 0.05) is 6.54 Å². The summed E-state index contributed by atoms with van der Waals surface area (Å²) in [5.41, 5.74) is 0.199. The van der Waals surface area contributed by atoms with E-state index in [2.05, 4.69) is 17.6 Å². The van der Waals surface area contributed by atoms with Gasteiger partial charge in [-0.05, 0) is 31.3 Å². The Morgan fingerprint density at radius 3 is 2.74 bits per heavy atom. The summed E-state index contributed by atoms with van der Waals surface area (Å²) >= 11 is 1.57. The molecule has 2 aliphatic heterocycles. The van der Waals surface area contributed by atoms with E-state index in [9.17, 15) is 9.59 Å². The highest BCUT2D eigenvalue weighted by Gasteiger charge is 2.28. The summed E-state index contributed by atoms with van der Waals surface area (Å²) < 4.78 is 0. The molecule has 2 heterocycles. The van der Waals surface area contributed by atoms with E-state index < -0.39 is 0 Å². The fourth-order valence-electron chi connectivity index (χ4n) is 2.29. The smallest absolute Gasteiger partial charge is 0.239 e. The summed E-state index contributed by atoms with van der Waals surface area (Å²) in [7, 11) is 0. The number of piperidine rings is 1. The van der Waals surface area contributed by atoms with Crippen LogP contribution in [0.2, 0.25) is 0 Å². The quantitative estimate of drug-likeness (QED) is 0.791. The van der Waals surface area contributed by atoms with Gasteiger partial charge in [0.15, 0.2) is 0 Å². The fourth-order valence-corrected chi connectivity index (χ4v) is 3.19. The summed E-state index contributed by atoms with van der Waals surface area (Å²) in [6, 6.07) is 0. The third-order valence-corrected chi connectivity index (χ3v) is 4.63. The molecule has 2 rings (SSSR count). The second kappa shape index (κ2) is 7.36. The fraction of sp³-hybridized carbons (Fsp3) is 0.833. The Hall–Kier alpha value is -0.460. The molecule has 0 unspecified atom stereocenters. The van der Waals surface area contributed by atoms with Gasteiger partial charge >= 0.3 is 0 Å². The maximum Gasteiger partial charge on any atom is 0.239 e. The number of thioether (sulfide) groups is 1. The van der Waals surface area contributed by atoms with Crippen molar-refractivity contribution < 1.29 is 9.59 Å². The molecule has 0 aromatic carbocycles. The third kappa shape index (κ3) is 4.85. The van der Waals surface area contributed by atoms with E-state index in [0.717, 1.165) is 25.9 Å². The first-order valence-electron chi connectivity index (χ1n) is 6.42. The Bertz CT molecular complexity index is 335. The molecule has 2 aliphatic rings. The number of amides is 2. The summed E-state index contributed by atoms with van der Waals surface area (Å²) in [5.74, 6) is 1.19. The molecule has 19 heavy (non-hydrogen) atoms. The minimum Gasteiger partial charge on any atom is -0.354 e. The molecular formula is C12H22ClN3O2S. The molecule has 5 nitrogen and oxygen atoms in total. The van der Waals surface area contributed by atoms with Gasteiger partial charge in [-0.25, -0.2) is 0 Å². The van der Waals surface area contributed by atoms with Crippen molar-refractivity contribution in [2.75, 3.05) is 37.8 Å². The normalized spacial score (nSPS) is 21.9. The van der Waals surface area contributed by atoms with Gasteiger partial charge in [0.1, 0.15) is 6.54 Å². The molecule has 0 aromatic heterocycles. The number of rotatable bonds is 4. The molecule has 7 heteroatoms. The largest absolute Gasteiger partial charge is 0.354 e. The first kappa shape index (κ1) is 16.6. The SMILES string of the molecule is CC1(CNC(=O)CN2CSCC2=O)CCNCC1.Cl. The highest BCUT2D eigenvalue weighted by Crippen LogP contribution is 2.26. The predicted molar refractivity (Wildman–Crippen MR) is 79.5 cm³/mol. The Labute approximate surface area is 124 Å². The number of carbonyl (C=O) groups is 2. The Morgan fingerprint density at radius 1 is 1.47 bits per heavy atom. The van der Waals surface area contributed by atoms with E-state index >= 15 is 0 Å². The molecule has 2 amide bonds. The van der Waals surface area contributed by atoms with Gasteiger partial charge in [-0.2, -0.15) is 0 Å².